The average Bonchev–Trinajstić information content (AvgIpc) is 3.76. The van der Waals surface area contributed by atoms with E-state index in [1.165, 1.54) is 5.56 Å². The van der Waals surface area contributed by atoms with Crippen LogP contribution in [0.2, 0.25) is 0 Å². The third-order valence-electron chi connectivity index (χ3n) is 12.4. The van der Waals surface area contributed by atoms with Crippen molar-refractivity contribution in [3.63, 3.8) is 0 Å². The van der Waals surface area contributed by atoms with Gasteiger partial charge in [-0.05, 0) is 140 Å². The van der Waals surface area contributed by atoms with E-state index < -0.39 is 6.85 Å². The van der Waals surface area contributed by atoms with Crippen LogP contribution in [0.15, 0.2) is 200 Å². The molecule has 0 atom stereocenters. The Bertz CT molecular complexity index is 3430. The summed E-state index contributed by atoms with van der Waals surface area (Å²) in [7, 11) is 0. The quantitative estimate of drug-likeness (QED) is 0.149. The zero-order valence-electron chi connectivity index (χ0n) is 40.0. The van der Waals surface area contributed by atoms with E-state index in [0.29, 0.717) is 22.6 Å². The second-order valence-corrected chi connectivity index (χ2v) is 17.4. The monoisotopic (exact) mass is 844 g/mol. The molecule has 0 saturated carbocycles. The number of fused-ring (bicyclic) bond motifs is 1. The van der Waals surface area contributed by atoms with Gasteiger partial charge in [0.1, 0.15) is 11.6 Å². The number of hydrogen-bond acceptors (Lipinski definition) is 3. The van der Waals surface area contributed by atoms with Crippen molar-refractivity contribution in [3.05, 3.63) is 217 Å². The lowest BCUT2D eigenvalue weighted by Crippen LogP contribution is -2.02. The fourth-order valence-corrected chi connectivity index (χ4v) is 8.92. The van der Waals surface area contributed by atoms with Gasteiger partial charge in [-0.15, -0.1) is 0 Å². The van der Waals surface area contributed by atoms with Crippen molar-refractivity contribution in [2.45, 2.75) is 46.4 Å². The molecule has 316 valence electrons. The lowest BCUT2D eigenvalue weighted by Gasteiger charge is -2.18. The van der Waals surface area contributed by atoms with Crippen molar-refractivity contribution < 1.29 is 9.22 Å². The average molecular weight is 845 g/mol. The summed E-state index contributed by atoms with van der Waals surface area (Å²) in [6, 6.07) is 65.8. The lowest BCUT2D eigenvalue weighted by molar-refractivity contribution is 0.466. The maximum absolute atomic E-state index is 12.3. The lowest BCUT2D eigenvalue weighted by atomic mass is 9.91. The van der Waals surface area contributed by atoms with Crippen LogP contribution >= 0.6 is 0 Å². The highest BCUT2D eigenvalue weighted by Crippen LogP contribution is 2.44. The van der Waals surface area contributed by atoms with Gasteiger partial charge < -0.3 is 5.11 Å². The van der Waals surface area contributed by atoms with E-state index in [2.05, 4.69) is 143 Å². The van der Waals surface area contributed by atoms with Gasteiger partial charge in [-0.3, -0.25) is 9.55 Å². The van der Waals surface area contributed by atoms with Crippen molar-refractivity contribution in [2.24, 2.45) is 0 Å². The highest BCUT2D eigenvalue weighted by atomic mass is 16.3. The Labute approximate surface area is 386 Å². The van der Waals surface area contributed by atoms with E-state index in [1.54, 1.807) is 12.1 Å². The number of nitrogens with zero attached hydrogens (tertiary/aromatic N) is 3. The first-order chi connectivity index (χ1) is 32.9. The molecule has 10 rings (SSSR count). The molecule has 65 heavy (non-hydrogen) atoms. The normalized spacial score (nSPS) is 12.4. The Morgan fingerprint density at radius 3 is 1.69 bits per heavy atom. The van der Waals surface area contributed by atoms with Crippen LogP contribution in [-0.4, -0.2) is 19.6 Å². The standard InChI is InChI=1S/C61H51N3O/c1-39(2)48-36-55(40(3)4)60(65)56(37-48)61-63-59-54(22-15-23-58(59)64(61)53-31-41(5)30-49(35-53)43-18-11-7-12-19-43)51-32-50(44-20-13-8-14-21-44)33-52(34-51)57-38-47(28-29-62-57)46-26-24-45(25-27-46)42-16-9-6-10-17-42/h6-40,65H,1-5H3/i5D3. The van der Waals surface area contributed by atoms with E-state index in [-0.39, 0.29) is 23.1 Å². The number of hydrogen-bond donors (Lipinski definition) is 1. The van der Waals surface area contributed by atoms with Gasteiger partial charge in [0.05, 0.1) is 22.3 Å². The summed E-state index contributed by atoms with van der Waals surface area (Å²) in [4.78, 5) is 10.5. The van der Waals surface area contributed by atoms with E-state index in [0.717, 1.165) is 78.0 Å². The summed E-state index contributed by atoms with van der Waals surface area (Å²) < 4.78 is 27.9. The van der Waals surface area contributed by atoms with Gasteiger partial charge in [0.25, 0.3) is 0 Å². The molecule has 0 amide bonds. The number of rotatable bonds is 10. The van der Waals surface area contributed by atoms with Crippen LogP contribution in [0, 0.1) is 6.85 Å². The number of benzene rings is 8. The number of phenols is 1. The van der Waals surface area contributed by atoms with Gasteiger partial charge in [-0.2, -0.15) is 0 Å². The van der Waals surface area contributed by atoms with Crippen LogP contribution < -0.4 is 0 Å². The number of phenolic OH excluding ortho intramolecular Hbond substituents is 1. The van der Waals surface area contributed by atoms with Gasteiger partial charge >= 0.3 is 0 Å². The Balaban J connectivity index is 1.20. The summed E-state index contributed by atoms with van der Waals surface area (Å²) in [5.41, 5.74) is 16.6. The number of pyridine rings is 1. The van der Waals surface area contributed by atoms with E-state index in [1.807, 2.05) is 77.5 Å². The second kappa shape index (κ2) is 17.4. The SMILES string of the molecule is [2H]C([2H])([2H])c1cc(-c2ccccc2)cc(-n2c(-c3cc(C(C)C)cc(C(C)C)c3O)nc3c(-c4cc(-c5ccccc5)cc(-c5cc(-c6ccc(-c7ccccc7)cc6)ccn5)c4)cccc32)c1. The molecular weight excluding hydrogens is 791 g/mol. The number of imidazole rings is 1. The minimum Gasteiger partial charge on any atom is -0.507 e. The third kappa shape index (κ3) is 8.16. The highest BCUT2D eigenvalue weighted by Gasteiger charge is 2.24. The van der Waals surface area contributed by atoms with Crippen molar-refractivity contribution in [1.29, 1.82) is 0 Å². The fraction of sp³-hybridized carbons (Fsp3) is 0.115. The molecule has 0 bridgehead atoms. The van der Waals surface area contributed by atoms with Crippen molar-refractivity contribution in [2.75, 3.05) is 0 Å². The second-order valence-electron chi connectivity index (χ2n) is 17.4. The summed E-state index contributed by atoms with van der Waals surface area (Å²) in [6.45, 7) is 6.07. The molecule has 4 nitrogen and oxygen atoms in total. The number of aryl methyl sites for hydroxylation is 1. The van der Waals surface area contributed by atoms with Crippen molar-refractivity contribution in [3.8, 4) is 89.7 Å². The summed E-state index contributed by atoms with van der Waals surface area (Å²) >= 11 is 0. The molecule has 0 fully saturated rings. The first kappa shape index (κ1) is 37.7. The minimum absolute atomic E-state index is 0.0318. The summed E-state index contributed by atoms with van der Waals surface area (Å²) in [6.07, 6.45) is 1.87. The van der Waals surface area contributed by atoms with E-state index >= 15 is 0 Å². The number of aromatic nitrogens is 3. The first-order valence-corrected chi connectivity index (χ1v) is 22.3. The molecule has 0 spiro atoms. The molecule has 0 aliphatic heterocycles. The fourth-order valence-electron chi connectivity index (χ4n) is 8.92. The largest absolute Gasteiger partial charge is 0.507 e. The van der Waals surface area contributed by atoms with Crippen molar-refractivity contribution in [1.82, 2.24) is 14.5 Å². The van der Waals surface area contributed by atoms with Crippen LogP contribution in [-0.2, 0) is 0 Å². The molecule has 2 heterocycles. The van der Waals surface area contributed by atoms with Gasteiger partial charge in [-0.1, -0.05) is 167 Å². The van der Waals surface area contributed by atoms with E-state index in [9.17, 15) is 5.11 Å². The van der Waals surface area contributed by atoms with Crippen LogP contribution in [0.5, 0.6) is 5.75 Å². The molecule has 8 aromatic carbocycles. The van der Waals surface area contributed by atoms with Gasteiger partial charge in [-0.25, -0.2) is 4.98 Å². The molecule has 1 N–H and O–H groups in total. The van der Waals surface area contributed by atoms with Gasteiger partial charge in [0.15, 0.2) is 0 Å². The topological polar surface area (TPSA) is 50.9 Å². The summed E-state index contributed by atoms with van der Waals surface area (Å²) in [5, 5.41) is 12.3. The molecule has 2 aromatic heterocycles. The van der Waals surface area contributed by atoms with Crippen LogP contribution in [0.4, 0.5) is 0 Å². The number of aromatic hydroxyl groups is 1. The highest BCUT2D eigenvalue weighted by molar-refractivity contribution is 5.98. The Morgan fingerprint density at radius 1 is 0.477 bits per heavy atom. The van der Waals surface area contributed by atoms with Crippen LogP contribution in [0.25, 0.3) is 95.0 Å². The smallest absolute Gasteiger partial charge is 0.149 e. The zero-order chi connectivity index (χ0) is 47.1. The molecular formula is C61H51N3O. The molecule has 10 aromatic rings. The molecule has 0 aliphatic carbocycles. The van der Waals surface area contributed by atoms with Gasteiger partial charge in [0, 0.05) is 27.1 Å². The Morgan fingerprint density at radius 2 is 1.06 bits per heavy atom. The zero-order valence-corrected chi connectivity index (χ0v) is 37.0. The van der Waals surface area contributed by atoms with Crippen LogP contribution in [0.3, 0.4) is 0 Å². The first-order valence-electron chi connectivity index (χ1n) is 23.8. The van der Waals surface area contributed by atoms with Crippen molar-refractivity contribution >= 4 is 11.0 Å². The van der Waals surface area contributed by atoms with Gasteiger partial charge in [0.2, 0.25) is 0 Å². The Kier molecular flexibility index (Phi) is 10.1. The molecule has 0 unspecified atom stereocenters. The predicted molar refractivity (Wildman–Crippen MR) is 271 cm³/mol. The van der Waals surface area contributed by atoms with Crippen LogP contribution in [0.1, 0.15) is 60.3 Å². The molecule has 0 radical (unpaired) electrons. The molecule has 0 saturated heterocycles. The summed E-state index contributed by atoms with van der Waals surface area (Å²) in [5.74, 6) is 0.878. The minimum atomic E-state index is -2.39. The third-order valence-corrected chi connectivity index (χ3v) is 12.4. The maximum atomic E-state index is 12.3. The maximum Gasteiger partial charge on any atom is 0.149 e. The Hall–Kier alpha value is -7.82. The van der Waals surface area contributed by atoms with E-state index in [4.69, 9.17) is 14.1 Å². The molecule has 0 aliphatic rings. The molecule has 4 heteroatoms. The predicted octanol–water partition coefficient (Wildman–Crippen LogP) is 16.4. The number of para-hydroxylation sites is 1.